The second-order valence-electron chi connectivity index (χ2n) is 5.19. The standard InChI is InChI=1S/C12H22N4S/c1-9(2)6-11-15-16-12(17-11)14-8-10-4-3-5-13-7-10/h9-10,13H,3-8H2,1-2H3,(H,14,16). The van der Waals surface area contributed by atoms with Gasteiger partial charge in [0.05, 0.1) is 0 Å². The fourth-order valence-corrected chi connectivity index (χ4v) is 3.05. The predicted octanol–water partition coefficient (Wildman–Crippen LogP) is 2.15. The zero-order valence-electron chi connectivity index (χ0n) is 10.7. The Morgan fingerprint density at radius 2 is 2.35 bits per heavy atom. The van der Waals surface area contributed by atoms with Crippen LogP contribution in [0.5, 0.6) is 0 Å². The summed E-state index contributed by atoms with van der Waals surface area (Å²) in [5.74, 6) is 1.39. The first-order chi connectivity index (χ1) is 8.24. The lowest BCUT2D eigenvalue weighted by molar-refractivity contribution is 0.393. The molecule has 0 radical (unpaired) electrons. The van der Waals surface area contributed by atoms with Gasteiger partial charge in [-0.1, -0.05) is 25.2 Å². The van der Waals surface area contributed by atoms with Crippen molar-refractivity contribution in [1.82, 2.24) is 15.5 Å². The lowest BCUT2D eigenvalue weighted by atomic mass is 10.00. The van der Waals surface area contributed by atoms with Gasteiger partial charge in [0.1, 0.15) is 5.01 Å². The maximum atomic E-state index is 4.21. The molecule has 17 heavy (non-hydrogen) atoms. The summed E-state index contributed by atoms with van der Waals surface area (Å²) in [6, 6.07) is 0. The van der Waals surface area contributed by atoms with E-state index in [1.54, 1.807) is 11.3 Å². The summed E-state index contributed by atoms with van der Waals surface area (Å²) in [7, 11) is 0. The van der Waals surface area contributed by atoms with Crippen molar-refractivity contribution in [3.05, 3.63) is 5.01 Å². The Labute approximate surface area is 107 Å². The first kappa shape index (κ1) is 12.8. The van der Waals surface area contributed by atoms with Crippen LogP contribution in [0.3, 0.4) is 0 Å². The molecule has 1 saturated heterocycles. The molecule has 0 saturated carbocycles. The fraction of sp³-hybridized carbons (Fsp3) is 0.833. The van der Waals surface area contributed by atoms with Crippen LogP contribution in [0.4, 0.5) is 5.13 Å². The van der Waals surface area contributed by atoms with Crippen molar-refractivity contribution in [2.75, 3.05) is 25.0 Å². The molecule has 2 rings (SSSR count). The van der Waals surface area contributed by atoms with Crippen LogP contribution in [0.25, 0.3) is 0 Å². The van der Waals surface area contributed by atoms with Crippen LogP contribution in [-0.2, 0) is 6.42 Å². The Morgan fingerprint density at radius 3 is 3.06 bits per heavy atom. The van der Waals surface area contributed by atoms with E-state index in [1.165, 1.54) is 19.4 Å². The van der Waals surface area contributed by atoms with Gasteiger partial charge in [0.25, 0.3) is 0 Å². The van der Waals surface area contributed by atoms with Crippen LogP contribution in [0.1, 0.15) is 31.7 Å². The number of hydrogen-bond acceptors (Lipinski definition) is 5. The Bertz CT molecular complexity index is 331. The fourth-order valence-electron chi connectivity index (χ4n) is 2.09. The minimum absolute atomic E-state index is 0.651. The van der Waals surface area contributed by atoms with Gasteiger partial charge in [0.2, 0.25) is 5.13 Å². The molecule has 1 atom stereocenters. The number of hydrogen-bond donors (Lipinski definition) is 2. The van der Waals surface area contributed by atoms with Crippen LogP contribution in [0.15, 0.2) is 0 Å². The zero-order valence-corrected chi connectivity index (χ0v) is 11.5. The highest BCUT2D eigenvalue weighted by Crippen LogP contribution is 2.19. The van der Waals surface area contributed by atoms with E-state index in [0.29, 0.717) is 5.92 Å². The molecule has 0 amide bonds. The summed E-state index contributed by atoms with van der Waals surface area (Å²) >= 11 is 1.70. The van der Waals surface area contributed by atoms with Crippen molar-refractivity contribution in [1.29, 1.82) is 0 Å². The molecule has 1 aromatic rings. The summed E-state index contributed by atoms with van der Waals surface area (Å²) in [4.78, 5) is 0. The lowest BCUT2D eigenvalue weighted by Gasteiger charge is -2.22. The van der Waals surface area contributed by atoms with Crippen molar-refractivity contribution >= 4 is 16.5 Å². The molecule has 4 nitrogen and oxygen atoms in total. The quantitative estimate of drug-likeness (QED) is 0.845. The number of anilines is 1. The van der Waals surface area contributed by atoms with Crippen molar-refractivity contribution in [2.45, 2.75) is 33.1 Å². The van der Waals surface area contributed by atoms with Crippen molar-refractivity contribution in [3.8, 4) is 0 Å². The number of piperidine rings is 1. The number of nitrogens with zero attached hydrogens (tertiary/aromatic N) is 2. The molecule has 5 heteroatoms. The molecule has 0 bridgehead atoms. The third-order valence-electron chi connectivity index (χ3n) is 2.99. The normalized spacial score (nSPS) is 20.8. The minimum atomic E-state index is 0.651. The predicted molar refractivity (Wildman–Crippen MR) is 72.5 cm³/mol. The van der Waals surface area contributed by atoms with Gasteiger partial charge in [-0.3, -0.25) is 0 Å². The second kappa shape index (κ2) is 6.31. The topological polar surface area (TPSA) is 49.8 Å². The van der Waals surface area contributed by atoms with Crippen LogP contribution in [-0.4, -0.2) is 29.8 Å². The van der Waals surface area contributed by atoms with Gasteiger partial charge in [-0.05, 0) is 37.8 Å². The Hall–Kier alpha value is -0.680. The Kier molecular flexibility index (Phi) is 4.74. The van der Waals surface area contributed by atoms with Gasteiger partial charge in [-0.15, -0.1) is 10.2 Å². The maximum Gasteiger partial charge on any atom is 0.205 e. The van der Waals surface area contributed by atoms with Crippen molar-refractivity contribution in [2.24, 2.45) is 11.8 Å². The van der Waals surface area contributed by atoms with Crippen molar-refractivity contribution < 1.29 is 0 Å². The van der Waals surface area contributed by atoms with E-state index in [0.717, 1.165) is 35.6 Å². The van der Waals surface area contributed by atoms with Gasteiger partial charge >= 0.3 is 0 Å². The number of nitrogens with one attached hydrogen (secondary N) is 2. The van der Waals surface area contributed by atoms with E-state index in [4.69, 9.17) is 0 Å². The molecular formula is C12H22N4S. The molecule has 0 aromatic carbocycles. The molecular weight excluding hydrogens is 232 g/mol. The monoisotopic (exact) mass is 254 g/mol. The molecule has 0 aliphatic carbocycles. The minimum Gasteiger partial charge on any atom is -0.360 e. The van der Waals surface area contributed by atoms with E-state index in [9.17, 15) is 0 Å². The lowest BCUT2D eigenvalue weighted by Crippen LogP contribution is -2.33. The highest BCUT2D eigenvalue weighted by Gasteiger charge is 2.13. The SMILES string of the molecule is CC(C)Cc1nnc(NCC2CCCNC2)s1. The molecule has 96 valence electrons. The van der Waals surface area contributed by atoms with Crippen molar-refractivity contribution in [3.63, 3.8) is 0 Å². The molecule has 0 spiro atoms. The largest absolute Gasteiger partial charge is 0.360 e. The van der Waals surface area contributed by atoms with Crippen LogP contribution >= 0.6 is 11.3 Å². The van der Waals surface area contributed by atoms with Gasteiger partial charge in [0.15, 0.2) is 0 Å². The summed E-state index contributed by atoms with van der Waals surface area (Å²) < 4.78 is 0. The molecule has 1 aliphatic heterocycles. The van der Waals surface area contributed by atoms with Crippen LogP contribution < -0.4 is 10.6 Å². The first-order valence-corrected chi connectivity index (χ1v) is 7.32. The molecule has 2 N–H and O–H groups in total. The van der Waals surface area contributed by atoms with Crippen LogP contribution in [0.2, 0.25) is 0 Å². The smallest absolute Gasteiger partial charge is 0.205 e. The first-order valence-electron chi connectivity index (χ1n) is 6.51. The second-order valence-corrected chi connectivity index (χ2v) is 6.25. The molecule has 2 heterocycles. The third-order valence-corrected chi connectivity index (χ3v) is 3.89. The van der Waals surface area contributed by atoms with Gasteiger partial charge < -0.3 is 10.6 Å². The summed E-state index contributed by atoms with van der Waals surface area (Å²) in [6.07, 6.45) is 3.64. The summed E-state index contributed by atoms with van der Waals surface area (Å²) in [5.41, 5.74) is 0. The molecule has 1 unspecified atom stereocenters. The van der Waals surface area contributed by atoms with E-state index >= 15 is 0 Å². The zero-order chi connectivity index (χ0) is 12.1. The summed E-state index contributed by atoms with van der Waals surface area (Å²) in [5, 5.41) is 17.4. The van der Waals surface area contributed by atoms with Gasteiger partial charge in [-0.25, -0.2) is 0 Å². The molecule has 1 fully saturated rings. The number of aromatic nitrogens is 2. The van der Waals surface area contributed by atoms with E-state index in [1.807, 2.05) is 0 Å². The van der Waals surface area contributed by atoms with E-state index < -0.39 is 0 Å². The number of rotatable bonds is 5. The molecule has 1 aromatic heterocycles. The molecule has 1 aliphatic rings. The Balaban J connectivity index is 1.76. The average Bonchev–Trinajstić information content (AvgIpc) is 2.75. The van der Waals surface area contributed by atoms with E-state index in [-0.39, 0.29) is 0 Å². The summed E-state index contributed by atoms with van der Waals surface area (Å²) in [6.45, 7) is 7.74. The van der Waals surface area contributed by atoms with Gasteiger partial charge in [0, 0.05) is 13.0 Å². The van der Waals surface area contributed by atoms with Gasteiger partial charge in [-0.2, -0.15) is 0 Å². The highest BCUT2D eigenvalue weighted by molar-refractivity contribution is 7.15. The maximum absolute atomic E-state index is 4.21. The van der Waals surface area contributed by atoms with Crippen LogP contribution in [0, 0.1) is 11.8 Å². The highest BCUT2D eigenvalue weighted by atomic mass is 32.1. The third kappa shape index (κ3) is 4.24. The Morgan fingerprint density at radius 1 is 1.47 bits per heavy atom. The average molecular weight is 254 g/mol. The van der Waals surface area contributed by atoms with E-state index in [2.05, 4.69) is 34.7 Å².